The van der Waals surface area contributed by atoms with E-state index in [0.29, 0.717) is 18.1 Å². The smallest absolute Gasteiger partial charge is 0.230 e. The zero-order chi connectivity index (χ0) is 16.9. The van der Waals surface area contributed by atoms with Gasteiger partial charge in [0.25, 0.3) is 0 Å². The molecule has 2 heterocycles. The second-order valence-corrected chi connectivity index (χ2v) is 6.02. The second kappa shape index (κ2) is 7.27. The lowest BCUT2D eigenvalue weighted by molar-refractivity contribution is -0.118. The molecule has 0 aliphatic carbocycles. The fraction of sp³-hybridized carbons (Fsp3) is 0.312. The topological polar surface area (TPSA) is 96.5 Å². The summed E-state index contributed by atoms with van der Waals surface area (Å²) in [4.78, 5) is 16.3. The minimum atomic E-state index is -0.144. The first-order valence-electron chi connectivity index (χ1n) is 7.62. The summed E-state index contributed by atoms with van der Waals surface area (Å²) in [6, 6.07) is 9.99. The van der Waals surface area contributed by atoms with Crippen LogP contribution in [-0.2, 0) is 11.3 Å². The van der Waals surface area contributed by atoms with E-state index < -0.39 is 0 Å². The number of carbonyl (C=O) groups excluding carboxylic acids is 1. The minimum absolute atomic E-state index is 0.144. The van der Waals surface area contributed by atoms with Crippen LogP contribution >= 0.6 is 11.8 Å². The molecule has 24 heavy (non-hydrogen) atoms. The molecule has 122 valence electrons. The summed E-state index contributed by atoms with van der Waals surface area (Å²) in [5.74, 6) is 0.0558. The maximum atomic E-state index is 11.7. The van der Waals surface area contributed by atoms with Crippen molar-refractivity contribution in [2.45, 2.75) is 25.0 Å². The van der Waals surface area contributed by atoms with Crippen LogP contribution in [0, 0.1) is 11.3 Å². The molecule has 2 aromatic heterocycles. The van der Waals surface area contributed by atoms with Gasteiger partial charge in [-0.15, -0.1) is 10.2 Å². The lowest BCUT2D eigenvalue weighted by Crippen LogP contribution is -2.26. The quantitative estimate of drug-likeness (QED) is 0.545. The van der Waals surface area contributed by atoms with E-state index >= 15 is 0 Å². The van der Waals surface area contributed by atoms with Gasteiger partial charge in [0, 0.05) is 18.5 Å². The maximum Gasteiger partial charge on any atom is 0.230 e. The molecule has 1 amide bonds. The third kappa shape index (κ3) is 3.16. The molecule has 0 fully saturated rings. The predicted octanol–water partition coefficient (Wildman–Crippen LogP) is 2.12. The van der Waals surface area contributed by atoms with Crippen LogP contribution in [0.25, 0.3) is 22.1 Å². The van der Waals surface area contributed by atoms with Gasteiger partial charge < -0.3 is 9.88 Å². The van der Waals surface area contributed by atoms with E-state index in [4.69, 9.17) is 5.26 Å². The normalized spacial score (nSPS) is 10.8. The molecule has 0 atom stereocenters. The molecule has 3 rings (SSSR count). The van der Waals surface area contributed by atoms with Crippen LogP contribution in [0.5, 0.6) is 0 Å². The average Bonchev–Trinajstić information content (AvgIpc) is 2.93. The zero-order valence-corrected chi connectivity index (χ0v) is 14.0. The number of nitrogens with zero attached hydrogens (tertiary/aromatic N) is 5. The van der Waals surface area contributed by atoms with Gasteiger partial charge in [-0.1, -0.05) is 30.0 Å². The van der Waals surface area contributed by atoms with Crippen molar-refractivity contribution in [3.8, 4) is 6.07 Å². The monoisotopic (exact) mass is 340 g/mol. The summed E-state index contributed by atoms with van der Waals surface area (Å²) >= 11 is 1.24. The van der Waals surface area contributed by atoms with Crippen molar-refractivity contribution in [1.82, 2.24) is 25.1 Å². The van der Waals surface area contributed by atoms with E-state index in [1.165, 1.54) is 11.8 Å². The zero-order valence-electron chi connectivity index (χ0n) is 13.2. The van der Waals surface area contributed by atoms with E-state index in [-0.39, 0.29) is 11.7 Å². The van der Waals surface area contributed by atoms with Crippen LogP contribution in [0.2, 0.25) is 0 Å². The number of fused-ring (bicyclic) bond motifs is 3. The van der Waals surface area contributed by atoms with E-state index in [2.05, 4.69) is 32.0 Å². The molecular formula is C16H16N6OS. The number of hydrogen-bond donors (Lipinski definition) is 1. The number of rotatable bonds is 6. The first-order chi connectivity index (χ1) is 11.7. The molecule has 1 N–H and O–H groups in total. The molecule has 3 aromatic rings. The Bertz CT molecular complexity index is 929. The molecule has 0 spiro atoms. The van der Waals surface area contributed by atoms with Crippen LogP contribution < -0.4 is 5.32 Å². The summed E-state index contributed by atoms with van der Waals surface area (Å²) in [5.41, 5.74) is 2.63. The van der Waals surface area contributed by atoms with Gasteiger partial charge in [0.2, 0.25) is 11.1 Å². The molecule has 0 bridgehead atoms. The first kappa shape index (κ1) is 16.2. The standard InChI is InChI=1S/C16H16N6OS/c1-2-22-12-7-4-3-6-11(12)14-15(22)19-16(21-20-14)24-10-13(23)18-9-5-8-17/h3-4,6-7H,2,5,9-10H2,1H3,(H,18,23). The summed E-state index contributed by atoms with van der Waals surface area (Å²) < 4.78 is 2.09. The number of amides is 1. The second-order valence-electron chi connectivity index (χ2n) is 5.07. The highest BCUT2D eigenvalue weighted by Crippen LogP contribution is 2.26. The number of nitriles is 1. The van der Waals surface area contributed by atoms with E-state index in [1.54, 1.807) is 0 Å². The molecule has 8 heteroatoms. The molecule has 0 radical (unpaired) electrons. The Balaban J connectivity index is 1.82. The molecule has 0 aliphatic rings. The van der Waals surface area contributed by atoms with Crippen molar-refractivity contribution in [2.24, 2.45) is 0 Å². The van der Waals surface area contributed by atoms with E-state index in [0.717, 1.165) is 28.6 Å². The fourth-order valence-corrected chi connectivity index (χ4v) is 3.12. The van der Waals surface area contributed by atoms with E-state index in [1.807, 2.05) is 30.3 Å². The van der Waals surface area contributed by atoms with Gasteiger partial charge in [0.1, 0.15) is 5.52 Å². The molecule has 1 aromatic carbocycles. The number of benzene rings is 1. The third-order valence-electron chi connectivity index (χ3n) is 3.56. The largest absolute Gasteiger partial charge is 0.354 e. The lowest BCUT2D eigenvalue weighted by atomic mass is 10.2. The number of hydrogen-bond acceptors (Lipinski definition) is 6. The number of carbonyl (C=O) groups is 1. The Kier molecular flexibility index (Phi) is 4.91. The van der Waals surface area contributed by atoms with Gasteiger partial charge >= 0.3 is 0 Å². The highest BCUT2D eigenvalue weighted by molar-refractivity contribution is 7.99. The number of aromatic nitrogens is 4. The van der Waals surface area contributed by atoms with Gasteiger partial charge in [-0.25, -0.2) is 4.98 Å². The molecule has 0 saturated heterocycles. The molecule has 0 unspecified atom stereocenters. The Labute approximate surface area is 143 Å². The third-order valence-corrected chi connectivity index (χ3v) is 4.40. The molecule has 0 saturated carbocycles. The molecule has 7 nitrogen and oxygen atoms in total. The maximum absolute atomic E-state index is 11.7. The van der Waals surface area contributed by atoms with Crippen molar-refractivity contribution in [2.75, 3.05) is 12.3 Å². The van der Waals surface area contributed by atoms with Crippen LogP contribution in [0.3, 0.4) is 0 Å². The van der Waals surface area contributed by atoms with Crippen LogP contribution in [-0.4, -0.2) is 38.0 Å². The fourth-order valence-electron chi connectivity index (χ4n) is 2.51. The van der Waals surface area contributed by atoms with Crippen LogP contribution in [0.15, 0.2) is 29.4 Å². The summed E-state index contributed by atoms with van der Waals surface area (Å²) in [6.07, 6.45) is 0.303. The molecule has 0 aliphatic heterocycles. The number of nitrogens with one attached hydrogen (secondary N) is 1. The summed E-state index contributed by atoms with van der Waals surface area (Å²) in [7, 11) is 0. The lowest BCUT2D eigenvalue weighted by Gasteiger charge is -2.03. The Morgan fingerprint density at radius 2 is 2.21 bits per heavy atom. The van der Waals surface area contributed by atoms with Crippen molar-refractivity contribution < 1.29 is 4.79 Å². The SMILES string of the molecule is CCn1c2ccccc2c2nnc(SCC(=O)NCCC#N)nc21. The summed E-state index contributed by atoms with van der Waals surface area (Å²) in [6.45, 7) is 3.20. The summed E-state index contributed by atoms with van der Waals surface area (Å²) in [5, 5.41) is 21.1. The highest BCUT2D eigenvalue weighted by atomic mass is 32.2. The Hall–Kier alpha value is -2.66. The van der Waals surface area contributed by atoms with Gasteiger partial charge in [-0.05, 0) is 13.0 Å². The van der Waals surface area contributed by atoms with Crippen LogP contribution in [0.4, 0.5) is 0 Å². The van der Waals surface area contributed by atoms with Crippen molar-refractivity contribution in [3.63, 3.8) is 0 Å². The predicted molar refractivity (Wildman–Crippen MR) is 92.5 cm³/mol. The molecular weight excluding hydrogens is 324 g/mol. The number of thioether (sulfide) groups is 1. The van der Waals surface area contributed by atoms with Gasteiger partial charge in [0.15, 0.2) is 5.65 Å². The Morgan fingerprint density at radius 3 is 3.00 bits per heavy atom. The minimum Gasteiger partial charge on any atom is -0.354 e. The number of para-hydroxylation sites is 1. The average molecular weight is 340 g/mol. The van der Waals surface area contributed by atoms with Crippen molar-refractivity contribution in [3.05, 3.63) is 24.3 Å². The van der Waals surface area contributed by atoms with Gasteiger partial charge in [-0.2, -0.15) is 5.26 Å². The van der Waals surface area contributed by atoms with Gasteiger partial charge in [0.05, 0.1) is 23.8 Å². The van der Waals surface area contributed by atoms with Crippen molar-refractivity contribution in [1.29, 1.82) is 5.26 Å². The van der Waals surface area contributed by atoms with Crippen molar-refractivity contribution >= 4 is 39.7 Å². The van der Waals surface area contributed by atoms with Crippen LogP contribution in [0.1, 0.15) is 13.3 Å². The highest BCUT2D eigenvalue weighted by Gasteiger charge is 2.14. The number of aryl methyl sites for hydroxylation is 1. The first-order valence-corrected chi connectivity index (χ1v) is 8.61. The Morgan fingerprint density at radius 1 is 1.38 bits per heavy atom. The van der Waals surface area contributed by atoms with Gasteiger partial charge in [-0.3, -0.25) is 4.79 Å². The van der Waals surface area contributed by atoms with E-state index in [9.17, 15) is 4.79 Å².